The molecule has 6 heteroatoms. The molecule has 1 heterocycles. The predicted molar refractivity (Wildman–Crippen MR) is 73.1 cm³/mol. The van der Waals surface area contributed by atoms with E-state index in [-0.39, 0.29) is 17.9 Å². The molecule has 0 saturated heterocycles. The van der Waals surface area contributed by atoms with Crippen molar-refractivity contribution < 1.29 is 14.6 Å². The van der Waals surface area contributed by atoms with E-state index in [4.69, 9.17) is 4.74 Å². The van der Waals surface area contributed by atoms with Crippen LogP contribution in [-0.2, 0) is 4.74 Å². The van der Waals surface area contributed by atoms with Gasteiger partial charge in [0.2, 0.25) is 0 Å². The molecule has 18 heavy (non-hydrogen) atoms. The average molecular weight is 270 g/mol. The van der Waals surface area contributed by atoms with Crippen LogP contribution in [0.3, 0.4) is 0 Å². The highest BCUT2D eigenvalue weighted by atomic mass is 32.2. The molecule has 2 N–H and O–H groups in total. The first kappa shape index (κ1) is 14.8. The van der Waals surface area contributed by atoms with E-state index in [2.05, 4.69) is 10.3 Å². The highest BCUT2D eigenvalue weighted by Gasteiger charge is 2.19. The molecule has 5 nitrogen and oxygen atoms in total. The topological polar surface area (TPSA) is 71.5 Å². The zero-order valence-corrected chi connectivity index (χ0v) is 11.5. The van der Waals surface area contributed by atoms with Crippen LogP contribution >= 0.6 is 11.8 Å². The van der Waals surface area contributed by atoms with Crippen molar-refractivity contribution in [3.63, 3.8) is 0 Å². The first-order valence-electron chi connectivity index (χ1n) is 5.57. The van der Waals surface area contributed by atoms with E-state index in [9.17, 15) is 9.90 Å². The van der Waals surface area contributed by atoms with Crippen LogP contribution in [0, 0.1) is 0 Å². The number of aliphatic hydroxyl groups is 1. The molecule has 1 aromatic rings. The zero-order chi connectivity index (χ0) is 13.5. The lowest BCUT2D eigenvalue weighted by Gasteiger charge is -2.22. The van der Waals surface area contributed by atoms with Crippen LogP contribution in [0.4, 0.5) is 5.82 Å². The smallest absolute Gasteiger partial charge is 0.341 e. The second-order valence-corrected chi connectivity index (χ2v) is 4.86. The van der Waals surface area contributed by atoms with E-state index in [0.29, 0.717) is 11.4 Å². The lowest BCUT2D eigenvalue weighted by atomic mass is 10.2. The maximum atomic E-state index is 11.6. The van der Waals surface area contributed by atoms with Gasteiger partial charge in [0.1, 0.15) is 11.4 Å². The average Bonchev–Trinajstić information content (AvgIpc) is 2.40. The summed E-state index contributed by atoms with van der Waals surface area (Å²) in [5.74, 6) is 0.0480. The SMILES string of the molecule is COC(=O)c1cccnc1NC(C)C(CO)SC. The van der Waals surface area contributed by atoms with Crippen molar-refractivity contribution in [2.24, 2.45) is 0 Å². The molecule has 0 saturated carbocycles. The Labute approximate surface area is 111 Å². The van der Waals surface area contributed by atoms with E-state index in [1.54, 1.807) is 30.1 Å². The third-order valence-corrected chi connectivity index (χ3v) is 3.78. The summed E-state index contributed by atoms with van der Waals surface area (Å²) in [5.41, 5.74) is 0.393. The molecular weight excluding hydrogens is 252 g/mol. The fourth-order valence-corrected chi connectivity index (χ4v) is 2.17. The van der Waals surface area contributed by atoms with E-state index in [1.165, 1.54) is 7.11 Å². The number of pyridine rings is 1. The molecular formula is C12H18N2O3S. The number of ether oxygens (including phenoxy) is 1. The Hall–Kier alpha value is -1.27. The number of aliphatic hydroxyl groups excluding tert-OH is 1. The number of esters is 1. The van der Waals surface area contributed by atoms with Crippen molar-refractivity contribution in [1.29, 1.82) is 0 Å². The first-order valence-corrected chi connectivity index (χ1v) is 6.86. The Morgan fingerprint density at radius 2 is 2.39 bits per heavy atom. The van der Waals surface area contributed by atoms with Gasteiger partial charge in [-0.15, -0.1) is 0 Å². The van der Waals surface area contributed by atoms with Gasteiger partial charge in [0.05, 0.1) is 13.7 Å². The third-order valence-electron chi connectivity index (χ3n) is 2.62. The summed E-state index contributed by atoms with van der Waals surface area (Å²) in [6.45, 7) is 2.00. The number of rotatable bonds is 6. The number of hydrogen-bond acceptors (Lipinski definition) is 6. The Morgan fingerprint density at radius 3 is 2.94 bits per heavy atom. The van der Waals surface area contributed by atoms with Gasteiger partial charge in [-0.05, 0) is 25.3 Å². The van der Waals surface area contributed by atoms with Crippen molar-refractivity contribution in [3.05, 3.63) is 23.9 Å². The number of thioether (sulfide) groups is 1. The van der Waals surface area contributed by atoms with Gasteiger partial charge in [0.15, 0.2) is 0 Å². The molecule has 0 aliphatic rings. The van der Waals surface area contributed by atoms with Gasteiger partial charge in [-0.1, -0.05) is 0 Å². The molecule has 0 bridgehead atoms. The Bertz CT molecular complexity index is 397. The molecule has 0 fully saturated rings. The summed E-state index contributed by atoms with van der Waals surface area (Å²) < 4.78 is 4.70. The molecule has 0 radical (unpaired) electrons. The number of anilines is 1. The van der Waals surface area contributed by atoms with Crippen molar-refractivity contribution in [2.75, 3.05) is 25.3 Å². The van der Waals surface area contributed by atoms with Crippen molar-refractivity contribution >= 4 is 23.5 Å². The van der Waals surface area contributed by atoms with Gasteiger partial charge in [0, 0.05) is 17.5 Å². The predicted octanol–water partition coefficient (Wildman–Crippen LogP) is 1.39. The Kier molecular flexibility index (Phi) is 5.94. The van der Waals surface area contributed by atoms with Gasteiger partial charge in [0.25, 0.3) is 0 Å². The third kappa shape index (κ3) is 3.61. The molecule has 0 spiro atoms. The van der Waals surface area contributed by atoms with Crippen molar-refractivity contribution in [3.8, 4) is 0 Å². The van der Waals surface area contributed by atoms with Gasteiger partial charge < -0.3 is 15.2 Å². The van der Waals surface area contributed by atoms with Crippen LogP contribution in [0.25, 0.3) is 0 Å². The molecule has 0 aromatic carbocycles. The van der Waals surface area contributed by atoms with Gasteiger partial charge in [-0.3, -0.25) is 0 Å². The lowest BCUT2D eigenvalue weighted by Crippen LogP contribution is -2.32. The summed E-state index contributed by atoms with van der Waals surface area (Å²) in [4.78, 5) is 15.7. The molecule has 0 aliphatic carbocycles. The summed E-state index contributed by atoms with van der Waals surface area (Å²) in [5, 5.41) is 12.4. The molecule has 0 aliphatic heterocycles. The number of methoxy groups -OCH3 is 1. The molecule has 1 rings (SSSR count). The fourth-order valence-electron chi connectivity index (χ4n) is 1.54. The zero-order valence-electron chi connectivity index (χ0n) is 10.7. The number of hydrogen-bond donors (Lipinski definition) is 2. The number of carbonyl (C=O) groups excluding carboxylic acids is 1. The largest absolute Gasteiger partial charge is 0.465 e. The molecule has 0 amide bonds. The summed E-state index contributed by atoms with van der Waals surface area (Å²) in [6, 6.07) is 3.32. The van der Waals surface area contributed by atoms with E-state index < -0.39 is 5.97 Å². The van der Waals surface area contributed by atoms with Crippen LogP contribution < -0.4 is 5.32 Å². The minimum Gasteiger partial charge on any atom is -0.465 e. The first-order chi connectivity index (χ1) is 8.63. The van der Waals surface area contributed by atoms with Gasteiger partial charge in [-0.2, -0.15) is 11.8 Å². The summed E-state index contributed by atoms with van der Waals surface area (Å²) in [6.07, 6.45) is 3.53. The number of aromatic nitrogens is 1. The van der Waals surface area contributed by atoms with Crippen LogP contribution in [0.15, 0.2) is 18.3 Å². The quantitative estimate of drug-likeness (QED) is 0.761. The lowest BCUT2D eigenvalue weighted by molar-refractivity contribution is 0.0601. The number of nitrogens with one attached hydrogen (secondary N) is 1. The molecule has 2 atom stereocenters. The van der Waals surface area contributed by atoms with Crippen LogP contribution in [0.5, 0.6) is 0 Å². The van der Waals surface area contributed by atoms with E-state index >= 15 is 0 Å². The van der Waals surface area contributed by atoms with E-state index in [1.807, 2.05) is 13.2 Å². The standard InChI is InChI=1S/C12H18N2O3S/c1-8(10(7-15)18-3)14-11-9(12(16)17-2)5-4-6-13-11/h4-6,8,10,15H,7H2,1-3H3,(H,13,14). The molecule has 2 unspecified atom stereocenters. The Balaban J connectivity index is 2.87. The maximum Gasteiger partial charge on any atom is 0.341 e. The minimum absolute atomic E-state index is 0.0108. The van der Waals surface area contributed by atoms with Crippen molar-refractivity contribution in [2.45, 2.75) is 18.2 Å². The van der Waals surface area contributed by atoms with Crippen LogP contribution in [0.1, 0.15) is 17.3 Å². The van der Waals surface area contributed by atoms with Gasteiger partial charge >= 0.3 is 5.97 Å². The second-order valence-electron chi connectivity index (χ2n) is 3.78. The van der Waals surface area contributed by atoms with E-state index in [0.717, 1.165) is 0 Å². The van der Waals surface area contributed by atoms with Crippen molar-refractivity contribution in [1.82, 2.24) is 4.98 Å². The summed E-state index contributed by atoms with van der Waals surface area (Å²) >= 11 is 1.56. The maximum absolute atomic E-state index is 11.6. The number of carbonyl (C=O) groups is 1. The fraction of sp³-hybridized carbons (Fsp3) is 0.500. The second kappa shape index (κ2) is 7.23. The highest BCUT2D eigenvalue weighted by molar-refractivity contribution is 7.99. The molecule has 1 aromatic heterocycles. The van der Waals surface area contributed by atoms with Gasteiger partial charge in [-0.25, -0.2) is 9.78 Å². The highest BCUT2D eigenvalue weighted by Crippen LogP contribution is 2.18. The van der Waals surface area contributed by atoms with Crippen LogP contribution in [0.2, 0.25) is 0 Å². The summed E-state index contributed by atoms with van der Waals surface area (Å²) in [7, 11) is 1.33. The number of nitrogens with zero attached hydrogens (tertiary/aromatic N) is 1. The molecule has 100 valence electrons. The minimum atomic E-state index is -0.428. The van der Waals surface area contributed by atoms with Crippen LogP contribution in [-0.4, -0.2) is 47.3 Å². The monoisotopic (exact) mass is 270 g/mol. The normalized spacial score (nSPS) is 13.8. The Morgan fingerprint density at radius 1 is 1.67 bits per heavy atom.